The molecule has 1 aromatic carbocycles. The molecule has 2 aliphatic rings. The molecular weight excluding hydrogens is 354 g/mol. The van der Waals surface area contributed by atoms with E-state index in [1.807, 2.05) is 4.90 Å². The van der Waals surface area contributed by atoms with Crippen molar-refractivity contribution in [3.05, 3.63) is 57.3 Å². The van der Waals surface area contributed by atoms with Gasteiger partial charge in [-0.25, -0.2) is 4.98 Å². The summed E-state index contributed by atoms with van der Waals surface area (Å²) in [4.78, 5) is 35.1. The maximum Gasteiger partial charge on any atom is 0.254 e. The summed E-state index contributed by atoms with van der Waals surface area (Å²) in [6, 6.07) is 6.49. The molecule has 0 atom stereocenters. The van der Waals surface area contributed by atoms with Crippen LogP contribution >= 0.6 is 0 Å². The van der Waals surface area contributed by atoms with Gasteiger partial charge in [-0.05, 0) is 43.9 Å². The molecule has 1 amide bonds. The Morgan fingerprint density at radius 2 is 1.93 bits per heavy atom. The zero-order valence-electron chi connectivity index (χ0n) is 16.7. The first kappa shape index (κ1) is 18.7. The van der Waals surface area contributed by atoms with Crippen LogP contribution in [0.3, 0.4) is 0 Å². The van der Waals surface area contributed by atoms with E-state index in [1.54, 1.807) is 18.2 Å². The smallest absolute Gasteiger partial charge is 0.254 e. The first-order chi connectivity index (χ1) is 13.2. The van der Waals surface area contributed by atoms with E-state index >= 15 is 0 Å². The van der Waals surface area contributed by atoms with E-state index in [0.717, 1.165) is 42.8 Å². The molecular formula is C22H27N3O3. The number of rotatable bonds is 1. The number of phenolic OH excluding ortho intramolecular Hbond substituents is 1. The highest BCUT2D eigenvalue weighted by Crippen LogP contribution is 2.44. The lowest BCUT2D eigenvalue weighted by Crippen LogP contribution is -2.45. The van der Waals surface area contributed by atoms with Crippen molar-refractivity contribution in [3.8, 4) is 5.75 Å². The largest absolute Gasteiger partial charge is 0.508 e. The minimum absolute atomic E-state index is 0.00920. The van der Waals surface area contributed by atoms with E-state index < -0.39 is 0 Å². The van der Waals surface area contributed by atoms with Crippen LogP contribution in [-0.4, -0.2) is 39.0 Å². The molecule has 1 saturated heterocycles. The van der Waals surface area contributed by atoms with Crippen LogP contribution in [0.1, 0.15) is 67.5 Å². The second-order valence-corrected chi connectivity index (χ2v) is 9.11. The van der Waals surface area contributed by atoms with Crippen molar-refractivity contribution in [2.75, 3.05) is 13.1 Å². The summed E-state index contributed by atoms with van der Waals surface area (Å²) in [5, 5.41) is 9.64. The second kappa shape index (κ2) is 6.47. The first-order valence-electron chi connectivity index (χ1n) is 9.92. The molecule has 1 spiro atoms. The van der Waals surface area contributed by atoms with Gasteiger partial charge >= 0.3 is 0 Å². The van der Waals surface area contributed by atoms with Crippen molar-refractivity contribution in [1.82, 2.24) is 14.9 Å². The minimum Gasteiger partial charge on any atom is -0.508 e. The van der Waals surface area contributed by atoms with Gasteiger partial charge in [-0.1, -0.05) is 26.8 Å². The molecule has 6 heteroatoms. The third kappa shape index (κ3) is 3.11. The number of benzene rings is 1. The molecule has 6 nitrogen and oxygen atoms in total. The minimum atomic E-state index is -0.218. The normalized spacial score (nSPS) is 18.3. The van der Waals surface area contributed by atoms with E-state index in [9.17, 15) is 14.7 Å². The summed E-state index contributed by atoms with van der Waals surface area (Å²) in [6.45, 7) is 7.42. The van der Waals surface area contributed by atoms with Gasteiger partial charge in [0.2, 0.25) is 0 Å². The zero-order valence-corrected chi connectivity index (χ0v) is 16.7. The van der Waals surface area contributed by atoms with Crippen molar-refractivity contribution in [2.45, 2.75) is 57.3 Å². The summed E-state index contributed by atoms with van der Waals surface area (Å²) in [5.41, 5.74) is 1.94. The topological polar surface area (TPSA) is 86.3 Å². The molecule has 0 radical (unpaired) electrons. The van der Waals surface area contributed by atoms with Crippen LogP contribution in [0.25, 0.3) is 0 Å². The van der Waals surface area contributed by atoms with Crippen LogP contribution in [0.4, 0.5) is 0 Å². The summed E-state index contributed by atoms with van der Waals surface area (Å²) in [6.07, 6.45) is 3.29. The van der Waals surface area contributed by atoms with Gasteiger partial charge in [0.05, 0.1) is 5.69 Å². The Kier molecular flexibility index (Phi) is 4.32. The molecule has 1 aliphatic heterocycles. The summed E-state index contributed by atoms with van der Waals surface area (Å²) in [5.74, 6) is 0.774. The number of nitrogens with one attached hydrogen (secondary N) is 1. The number of aromatic nitrogens is 2. The van der Waals surface area contributed by atoms with Gasteiger partial charge in [-0.3, -0.25) is 9.59 Å². The predicted molar refractivity (Wildman–Crippen MR) is 107 cm³/mol. The molecule has 28 heavy (non-hydrogen) atoms. The van der Waals surface area contributed by atoms with Crippen LogP contribution in [0.5, 0.6) is 5.75 Å². The lowest BCUT2D eigenvalue weighted by molar-refractivity contribution is 0.0663. The number of aromatic hydroxyl groups is 1. The Balaban J connectivity index is 1.59. The van der Waals surface area contributed by atoms with E-state index in [0.29, 0.717) is 18.7 Å². The molecule has 2 heterocycles. The highest BCUT2D eigenvalue weighted by molar-refractivity contribution is 5.94. The van der Waals surface area contributed by atoms with Gasteiger partial charge in [-0.2, -0.15) is 0 Å². The fraction of sp³-hybridized carbons (Fsp3) is 0.500. The van der Waals surface area contributed by atoms with Crippen LogP contribution in [0.15, 0.2) is 29.1 Å². The molecule has 148 valence electrons. The number of piperidine rings is 1. The number of fused-ring (bicyclic) bond motifs is 2. The van der Waals surface area contributed by atoms with Gasteiger partial charge < -0.3 is 15.0 Å². The number of hydrogen-bond acceptors (Lipinski definition) is 4. The molecule has 0 saturated carbocycles. The standard InChI is InChI=1S/C22H27N3O3/c1-21(2,3)20-23-17-16(18(27)24-20)7-8-22(17)9-11-25(12-10-22)19(28)14-5-4-6-15(26)13-14/h4-6,13,26H,7-12H2,1-3H3,(H,23,24,27). The van der Waals surface area contributed by atoms with Crippen molar-refractivity contribution in [2.24, 2.45) is 0 Å². The highest BCUT2D eigenvalue weighted by Gasteiger charge is 2.45. The summed E-state index contributed by atoms with van der Waals surface area (Å²) in [7, 11) is 0. The fourth-order valence-corrected chi connectivity index (χ4v) is 4.45. The Morgan fingerprint density at radius 1 is 1.21 bits per heavy atom. The average molecular weight is 381 g/mol. The third-order valence-corrected chi connectivity index (χ3v) is 6.18. The zero-order chi connectivity index (χ0) is 20.1. The summed E-state index contributed by atoms with van der Waals surface area (Å²) >= 11 is 0. The molecule has 1 aromatic heterocycles. The first-order valence-corrected chi connectivity index (χ1v) is 9.92. The highest BCUT2D eigenvalue weighted by atomic mass is 16.3. The van der Waals surface area contributed by atoms with Crippen molar-refractivity contribution < 1.29 is 9.90 Å². The Bertz CT molecular complexity index is 979. The molecule has 4 rings (SSSR count). The fourth-order valence-electron chi connectivity index (χ4n) is 4.45. The summed E-state index contributed by atoms with van der Waals surface area (Å²) < 4.78 is 0. The van der Waals surface area contributed by atoms with E-state index in [4.69, 9.17) is 4.98 Å². The van der Waals surface area contributed by atoms with Gasteiger partial charge in [0.1, 0.15) is 11.6 Å². The number of carbonyl (C=O) groups is 1. The number of hydrogen-bond donors (Lipinski definition) is 2. The number of aromatic amines is 1. The maximum absolute atomic E-state index is 12.8. The second-order valence-electron chi connectivity index (χ2n) is 9.11. The van der Waals surface area contributed by atoms with Crippen molar-refractivity contribution >= 4 is 5.91 Å². The van der Waals surface area contributed by atoms with Gasteiger partial charge in [0.25, 0.3) is 11.5 Å². The number of amides is 1. The number of nitrogens with zero attached hydrogens (tertiary/aromatic N) is 2. The van der Waals surface area contributed by atoms with Crippen LogP contribution < -0.4 is 5.56 Å². The van der Waals surface area contributed by atoms with Crippen LogP contribution in [0, 0.1) is 0 Å². The maximum atomic E-state index is 12.8. The quantitative estimate of drug-likeness (QED) is 0.795. The molecule has 0 bridgehead atoms. The Hall–Kier alpha value is -2.63. The monoisotopic (exact) mass is 381 g/mol. The number of H-pyrrole nitrogens is 1. The average Bonchev–Trinajstić information content (AvgIpc) is 3.00. The van der Waals surface area contributed by atoms with E-state index in [2.05, 4.69) is 25.8 Å². The van der Waals surface area contributed by atoms with Crippen LogP contribution in [-0.2, 0) is 17.3 Å². The lowest BCUT2D eigenvalue weighted by atomic mass is 9.76. The molecule has 1 aliphatic carbocycles. The Morgan fingerprint density at radius 3 is 2.57 bits per heavy atom. The molecule has 2 aromatic rings. The van der Waals surface area contributed by atoms with Gasteiger partial charge in [-0.15, -0.1) is 0 Å². The van der Waals surface area contributed by atoms with Crippen LogP contribution in [0.2, 0.25) is 0 Å². The van der Waals surface area contributed by atoms with Gasteiger partial charge in [0, 0.05) is 35.0 Å². The molecule has 1 fully saturated rings. The van der Waals surface area contributed by atoms with E-state index in [1.165, 1.54) is 6.07 Å². The van der Waals surface area contributed by atoms with Crippen molar-refractivity contribution in [3.63, 3.8) is 0 Å². The SMILES string of the molecule is CC(C)(C)c1nc2c(c(=O)[nH]1)CCC21CCN(C(=O)c2cccc(O)c2)CC1. The number of carbonyl (C=O) groups excluding carboxylic acids is 1. The Labute approximate surface area is 164 Å². The lowest BCUT2D eigenvalue weighted by Gasteiger charge is -2.39. The van der Waals surface area contributed by atoms with Gasteiger partial charge in [0.15, 0.2) is 0 Å². The third-order valence-electron chi connectivity index (χ3n) is 6.18. The molecule has 2 N–H and O–H groups in total. The van der Waals surface area contributed by atoms with Crippen molar-refractivity contribution in [1.29, 1.82) is 0 Å². The predicted octanol–water partition coefficient (Wildman–Crippen LogP) is 2.89. The molecule has 0 unspecified atom stereocenters. The number of likely N-dealkylation sites (tertiary alicyclic amines) is 1. The van der Waals surface area contributed by atoms with E-state index in [-0.39, 0.29) is 28.0 Å². The number of phenols is 1.